The van der Waals surface area contributed by atoms with Gasteiger partial charge in [-0.2, -0.15) is 18.2 Å². The zero-order valence-electron chi connectivity index (χ0n) is 12.5. The van der Waals surface area contributed by atoms with Gasteiger partial charge in [0.05, 0.1) is 0 Å². The van der Waals surface area contributed by atoms with Crippen LogP contribution in [0.15, 0.2) is 22.7 Å². The van der Waals surface area contributed by atoms with Gasteiger partial charge in [0.25, 0.3) is 0 Å². The van der Waals surface area contributed by atoms with E-state index in [1.54, 1.807) is 0 Å². The number of carbonyl (C=O) groups excluding carboxylic acids is 1. The minimum atomic E-state index is -4.76. The standard InChI is InChI=1S/C15H13F4N3O2/c1-7-4-10(7)13(23)20-6-9-3-2-8(5-11(9)16)12-21-14(24-22-12)15(17,18)19/h2-3,5,7,10H,4,6H2,1H3,(H,20,23). The van der Waals surface area contributed by atoms with Crippen molar-refractivity contribution in [1.29, 1.82) is 0 Å². The number of hydrogen-bond acceptors (Lipinski definition) is 4. The van der Waals surface area contributed by atoms with Crippen LogP contribution in [-0.4, -0.2) is 16.0 Å². The molecule has 128 valence electrons. The number of halogens is 4. The highest BCUT2D eigenvalue weighted by atomic mass is 19.4. The first-order chi connectivity index (χ1) is 11.3. The molecule has 1 saturated carbocycles. The minimum Gasteiger partial charge on any atom is -0.352 e. The Morgan fingerprint density at radius 1 is 1.42 bits per heavy atom. The number of alkyl halides is 3. The average Bonchev–Trinajstić information content (AvgIpc) is 3.03. The SMILES string of the molecule is CC1CC1C(=O)NCc1ccc(-c2noc(C(F)(F)F)n2)cc1F. The van der Waals surface area contributed by atoms with Crippen LogP contribution < -0.4 is 5.32 Å². The highest BCUT2D eigenvalue weighted by molar-refractivity contribution is 5.81. The van der Waals surface area contributed by atoms with Crippen molar-refractivity contribution in [3.05, 3.63) is 35.5 Å². The first kappa shape index (κ1) is 16.4. The number of nitrogens with one attached hydrogen (secondary N) is 1. The molecule has 1 fully saturated rings. The molecule has 9 heteroatoms. The molecule has 2 unspecified atom stereocenters. The lowest BCUT2D eigenvalue weighted by molar-refractivity contribution is -0.159. The van der Waals surface area contributed by atoms with Gasteiger partial charge in [-0.3, -0.25) is 4.79 Å². The van der Waals surface area contributed by atoms with Crippen LogP contribution >= 0.6 is 0 Å². The molecule has 5 nitrogen and oxygen atoms in total. The molecule has 2 aromatic rings. The summed E-state index contributed by atoms with van der Waals surface area (Å²) in [4.78, 5) is 14.9. The van der Waals surface area contributed by atoms with E-state index in [0.717, 1.165) is 12.5 Å². The van der Waals surface area contributed by atoms with E-state index >= 15 is 0 Å². The van der Waals surface area contributed by atoms with E-state index in [0.29, 0.717) is 5.92 Å². The largest absolute Gasteiger partial charge is 0.471 e. The maximum Gasteiger partial charge on any atom is 0.471 e. The number of aromatic nitrogens is 2. The Balaban J connectivity index is 1.70. The summed E-state index contributed by atoms with van der Waals surface area (Å²) >= 11 is 0. The molecule has 0 radical (unpaired) electrons. The fraction of sp³-hybridized carbons (Fsp3) is 0.400. The normalized spacial score (nSPS) is 20.0. The van der Waals surface area contributed by atoms with E-state index in [4.69, 9.17) is 0 Å². The monoisotopic (exact) mass is 343 g/mol. The fourth-order valence-electron chi connectivity index (χ4n) is 2.29. The first-order valence-corrected chi connectivity index (χ1v) is 7.23. The van der Waals surface area contributed by atoms with Crippen LogP contribution in [0.5, 0.6) is 0 Å². The number of carbonyl (C=O) groups is 1. The van der Waals surface area contributed by atoms with Crippen molar-refractivity contribution < 1.29 is 26.9 Å². The molecule has 0 saturated heterocycles. The van der Waals surface area contributed by atoms with Crippen LogP contribution in [0.4, 0.5) is 17.6 Å². The van der Waals surface area contributed by atoms with Gasteiger partial charge < -0.3 is 9.84 Å². The zero-order chi connectivity index (χ0) is 17.5. The molecule has 0 spiro atoms. The lowest BCUT2D eigenvalue weighted by Crippen LogP contribution is -2.25. The van der Waals surface area contributed by atoms with Crippen molar-refractivity contribution in [3.63, 3.8) is 0 Å². The third-order valence-corrected chi connectivity index (χ3v) is 3.88. The first-order valence-electron chi connectivity index (χ1n) is 7.23. The highest BCUT2D eigenvalue weighted by Crippen LogP contribution is 2.37. The van der Waals surface area contributed by atoms with Gasteiger partial charge in [-0.15, -0.1) is 0 Å². The molecule has 0 bridgehead atoms. The number of benzene rings is 1. The molecule has 1 amide bonds. The summed E-state index contributed by atoms with van der Waals surface area (Å²) in [6.45, 7) is 1.97. The lowest BCUT2D eigenvalue weighted by Gasteiger charge is -2.06. The Kier molecular flexibility index (Phi) is 4.02. The highest BCUT2D eigenvalue weighted by Gasteiger charge is 2.39. The molecule has 1 aliphatic carbocycles. The van der Waals surface area contributed by atoms with Crippen LogP contribution in [0.1, 0.15) is 24.8 Å². The van der Waals surface area contributed by atoms with Crippen LogP contribution in [0.3, 0.4) is 0 Å². The van der Waals surface area contributed by atoms with E-state index in [1.165, 1.54) is 12.1 Å². The van der Waals surface area contributed by atoms with Crippen molar-refractivity contribution in [3.8, 4) is 11.4 Å². The molecule has 0 aliphatic heterocycles. The van der Waals surface area contributed by atoms with Gasteiger partial charge in [0.1, 0.15) is 5.82 Å². The van der Waals surface area contributed by atoms with E-state index in [2.05, 4.69) is 20.0 Å². The van der Waals surface area contributed by atoms with Crippen LogP contribution in [0, 0.1) is 17.7 Å². The smallest absolute Gasteiger partial charge is 0.352 e. The second-order valence-electron chi connectivity index (χ2n) is 5.76. The number of rotatable bonds is 4. The second kappa shape index (κ2) is 5.88. The molecular weight excluding hydrogens is 330 g/mol. The molecular formula is C15H13F4N3O2. The zero-order valence-corrected chi connectivity index (χ0v) is 12.5. The molecule has 1 aliphatic rings. The third kappa shape index (κ3) is 3.39. The molecule has 1 heterocycles. The van der Waals surface area contributed by atoms with Crippen LogP contribution in [-0.2, 0) is 17.5 Å². The lowest BCUT2D eigenvalue weighted by atomic mass is 10.1. The predicted molar refractivity (Wildman–Crippen MR) is 73.8 cm³/mol. The van der Waals surface area contributed by atoms with Crippen molar-refractivity contribution >= 4 is 5.91 Å². The molecule has 1 aromatic heterocycles. The molecule has 1 N–H and O–H groups in total. The summed E-state index contributed by atoms with van der Waals surface area (Å²) in [5.41, 5.74) is 0.276. The average molecular weight is 343 g/mol. The van der Waals surface area contributed by atoms with Gasteiger partial charge in [-0.25, -0.2) is 4.39 Å². The fourth-order valence-corrected chi connectivity index (χ4v) is 2.29. The Morgan fingerprint density at radius 2 is 2.12 bits per heavy atom. The Morgan fingerprint density at radius 3 is 2.67 bits per heavy atom. The summed E-state index contributed by atoms with van der Waals surface area (Å²) in [5, 5.41) is 5.83. The summed E-state index contributed by atoms with van der Waals surface area (Å²) in [6, 6.07) is 3.74. The molecule has 2 atom stereocenters. The molecule has 1 aromatic carbocycles. The van der Waals surface area contributed by atoms with E-state index in [-0.39, 0.29) is 35.3 Å². The van der Waals surface area contributed by atoms with Gasteiger partial charge in [-0.1, -0.05) is 24.2 Å². The maximum absolute atomic E-state index is 14.1. The molecule has 24 heavy (non-hydrogen) atoms. The van der Waals surface area contributed by atoms with Gasteiger partial charge in [0.15, 0.2) is 0 Å². The van der Waals surface area contributed by atoms with Crippen LogP contribution in [0.2, 0.25) is 0 Å². The quantitative estimate of drug-likeness (QED) is 0.866. The van der Waals surface area contributed by atoms with Crippen molar-refractivity contribution in [2.75, 3.05) is 0 Å². The van der Waals surface area contributed by atoms with Crippen LogP contribution in [0.25, 0.3) is 11.4 Å². The number of hydrogen-bond donors (Lipinski definition) is 1. The Labute approximate surface area is 134 Å². The van der Waals surface area contributed by atoms with E-state index in [9.17, 15) is 22.4 Å². The van der Waals surface area contributed by atoms with Crippen molar-refractivity contribution in [2.45, 2.75) is 26.1 Å². The third-order valence-electron chi connectivity index (χ3n) is 3.88. The summed E-state index contributed by atoms with van der Waals surface area (Å²) in [5.74, 6) is -2.32. The van der Waals surface area contributed by atoms with Gasteiger partial charge >= 0.3 is 12.1 Å². The van der Waals surface area contributed by atoms with Crippen molar-refractivity contribution in [1.82, 2.24) is 15.5 Å². The summed E-state index contributed by atoms with van der Waals surface area (Å²) in [7, 11) is 0. The summed E-state index contributed by atoms with van der Waals surface area (Å²) in [6.07, 6.45) is -3.93. The van der Waals surface area contributed by atoms with E-state index in [1.807, 2.05) is 6.92 Å². The second-order valence-corrected chi connectivity index (χ2v) is 5.76. The maximum atomic E-state index is 14.1. The number of nitrogens with zero attached hydrogens (tertiary/aromatic N) is 2. The van der Waals surface area contributed by atoms with Gasteiger partial charge in [0.2, 0.25) is 11.7 Å². The topological polar surface area (TPSA) is 68.0 Å². The van der Waals surface area contributed by atoms with E-state index < -0.39 is 17.9 Å². The molecule has 3 rings (SSSR count). The Hall–Kier alpha value is -2.45. The predicted octanol–water partition coefficient (Wildman–Crippen LogP) is 3.17. The Bertz CT molecular complexity index is 772. The van der Waals surface area contributed by atoms with Crippen molar-refractivity contribution in [2.24, 2.45) is 11.8 Å². The van der Waals surface area contributed by atoms with Gasteiger partial charge in [-0.05, 0) is 18.4 Å². The minimum absolute atomic E-state index is 0.00815. The van der Waals surface area contributed by atoms with Gasteiger partial charge in [0, 0.05) is 23.6 Å². The number of amides is 1. The summed E-state index contributed by atoms with van der Waals surface area (Å²) < 4.78 is 55.4.